The Balaban J connectivity index is 1.53. The van der Waals surface area contributed by atoms with E-state index >= 15 is 0 Å². The molecule has 2 aromatic carbocycles. The van der Waals surface area contributed by atoms with Crippen LogP contribution in [-0.2, 0) is 16.1 Å². The molecule has 158 valence electrons. The van der Waals surface area contributed by atoms with Crippen LogP contribution in [0.2, 0.25) is 0 Å². The number of benzene rings is 2. The van der Waals surface area contributed by atoms with Crippen LogP contribution in [0.15, 0.2) is 53.6 Å². The van der Waals surface area contributed by atoms with Gasteiger partial charge in [0.1, 0.15) is 18.2 Å². The number of imide groups is 1. The number of fused-ring (bicyclic) bond motifs is 1. The first-order valence-electron chi connectivity index (χ1n) is 9.45. The molecule has 1 aliphatic rings. The summed E-state index contributed by atoms with van der Waals surface area (Å²) in [6.45, 7) is 2.18. The second-order valence-electron chi connectivity index (χ2n) is 6.83. The van der Waals surface area contributed by atoms with Gasteiger partial charge in [0.05, 0.1) is 10.6 Å². The Morgan fingerprint density at radius 2 is 1.94 bits per heavy atom. The van der Waals surface area contributed by atoms with Gasteiger partial charge in [0.15, 0.2) is 0 Å². The largest absolute Gasteiger partial charge is 0.347 e. The lowest BCUT2D eigenvalue weighted by Gasteiger charge is -2.12. The van der Waals surface area contributed by atoms with Crippen molar-refractivity contribution in [1.82, 2.24) is 9.47 Å². The van der Waals surface area contributed by atoms with E-state index in [1.165, 1.54) is 0 Å². The predicted molar refractivity (Wildman–Crippen MR) is 115 cm³/mol. The summed E-state index contributed by atoms with van der Waals surface area (Å²) < 4.78 is 28.8. The van der Waals surface area contributed by atoms with E-state index in [2.05, 4.69) is 5.32 Å². The van der Waals surface area contributed by atoms with Gasteiger partial charge in [0, 0.05) is 35.3 Å². The highest BCUT2D eigenvalue weighted by Gasteiger charge is 2.36. The third-order valence-corrected chi connectivity index (χ3v) is 5.73. The molecule has 1 N–H and O–H groups in total. The maximum absolute atomic E-state index is 13.7. The van der Waals surface area contributed by atoms with E-state index in [0.29, 0.717) is 6.07 Å². The first-order chi connectivity index (χ1) is 14.9. The number of hydrogen-bond acceptors (Lipinski definition) is 4. The highest BCUT2D eigenvalue weighted by molar-refractivity contribution is 8.18. The SMILES string of the molecule is CCn1cc(/C=C2\SC(=O)N(CC(=O)Nc3ccc(F)cc3F)C2=O)c2ccccc21. The van der Waals surface area contributed by atoms with Gasteiger partial charge in [-0.05, 0) is 43.0 Å². The average molecular weight is 441 g/mol. The van der Waals surface area contributed by atoms with Crippen molar-refractivity contribution in [1.29, 1.82) is 0 Å². The molecule has 3 aromatic rings. The molecule has 3 amide bonds. The van der Waals surface area contributed by atoms with Crippen molar-refractivity contribution in [2.75, 3.05) is 11.9 Å². The number of para-hydroxylation sites is 1. The number of aromatic nitrogens is 1. The van der Waals surface area contributed by atoms with Crippen LogP contribution in [0.25, 0.3) is 17.0 Å². The Bertz CT molecular complexity index is 1250. The average Bonchev–Trinajstić information content (AvgIpc) is 3.22. The van der Waals surface area contributed by atoms with Crippen LogP contribution < -0.4 is 5.32 Å². The van der Waals surface area contributed by atoms with Gasteiger partial charge in [-0.2, -0.15) is 0 Å². The summed E-state index contributed by atoms with van der Waals surface area (Å²) in [5, 5.41) is 2.60. The van der Waals surface area contributed by atoms with E-state index in [1.54, 1.807) is 6.08 Å². The van der Waals surface area contributed by atoms with E-state index in [4.69, 9.17) is 0 Å². The number of anilines is 1. The van der Waals surface area contributed by atoms with Crippen molar-refractivity contribution in [3.63, 3.8) is 0 Å². The van der Waals surface area contributed by atoms with Gasteiger partial charge in [0.2, 0.25) is 5.91 Å². The van der Waals surface area contributed by atoms with Crippen LogP contribution in [0.5, 0.6) is 0 Å². The minimum absolute atomic E-state index is 0.199. The normalized spacial score (nSPS) is 15.3. The quantitative estimate of drug-likeness (QED) is 0.587. The van der Waals surface area contributed by atoms with Crippen LogP contribution in [0.4, 0.5) is 19.3 Å². The fraction of sp³-hybridized carbons (Fsp3) is 0.136. The highest BCUT2D eigenvalue weighted by atomic mass is 32.2. The lowest BCUT2D eigenvalue weighted by molar-refractivity contribution is -0.127. The number of nitrogens with one attached hydrogen (secondary N) is 1. The van der Waals surface area contributed by atoms with E-state index in [-0.39, 0.29) is 10.6 Å². The number of carbonyl (C=O) groups is 3. The van der Waals surface area contributed by atoms with E-state index in [1.807, 2.05) is 42.0 Å². The Morgan fingerprint density at radius 3 is 2.68 bits per heavy atom. The molecule has 9 heteroatoms. The number of hydrogen-bond donors (Lipinski definition) is 1. The van der Waals surface area contributed by atoms with E-state index < -0.39 is 35.2 Å². The molecule has 1 fully saturated rings. The van der Waals surface area contributed by atoms with E-state index in [0.717, 1.165) is 51.8 Å². The van der Waals surface area contributed by atoms with Crippen LogP contribution in [0.1, 0.15) is 12.5 Å². The molecule has 1 aliphatic heterocycles. The fourth-order valence-electron chi connectivity index (χ4n) is 3.35. The molecular formula is C22H17F2N3O3S. The monoisotopic (exact) mass is 441 g/mol. The molecule has 0 atom stereocenters. The molecule has 4 rings (SSSR count). The van der Waals surface area contributed by atoms with Gasteiger partial charge in [-0.25, -0.2) is 8.78 Å². The van der Waals surface area contributed by atoms with Gasteiger partial charge in [-0.15, -0.1) is 0 Å². The smallest absolute Gasteiger partial charge is 0.294 e. The number of amides is 3. The van der Waals surface area contributed by atoms with Gasteiger partial charge in [-0.1, -0.05) is 18.2 Å². The topological polar surface area (TPSA) is 71.4 Å². The van der Waals surface area contributed by atoms with E-state index in [9.17, 15) is 23.2 Å². The number of rotatable bonds is 5. The molecule has 0 radical (unpaired) electrons. The van der Waals surface area contributed by atoms with Crippen molar-refractivity contribution in [2.24, 2.45) is 0 Å². The summed E-state index contributed by atoms with van der Waals surface area (Å²) in [5.41, 5.74) is 1.57. The number of carbonyl (C=O) groups excluding carboxylic acids is 3. The third kappa shape index (κ3) is 4.09. The Labute approximate surface area is 180 Å². The minimum Gasteiger partial charge on any atom is -0.347 e. The molecule has 6 nitrogen and oxygen atoms in total. The zero-order valence-corrected chi connectivity index (χ0v) is 17.2. The summed E-state index contributed by atoms with van der Waals surface area (Å²) >= 11 is 0.741. The molecule has 0 aliphatic carbocycles. The Kier molecular flexibility index (Phi) is 5.60. The maximum Gasteiger partial charge on any atom is 0.294 e. The Morgan fingerprint density at radius 1 is 1.16 bits per heavy atom. The minimum atomic E-state index is -0.949. The molecule has 1 saturated heterocycles. The van der Waals surface area contributed by atoms with Crippen molar-refractivity contribution < 1.29 is 23.2 Å². The van der Waals surface area contributed by atoms with Crippen molar-refractivity contribution in [2.45, 2.75) is 13.5 Å². The van der Waals surface area contributed by atoms with Crippen molar-refractivity contribution in [3.05, 3.63) is 70.8 Å². The molecule has 0 saturated carbocycles. The van der Waals surface area contributed by atoms with Crippen molar-refractivity contribution in [3.8, 4) is 0 Å². The van der Waals surface area contributed by atoms with Crippen LogP contribution in [-0.4, -0.2) is 33.1 Å². The van der Waals surface area contributed by atoms with Gasteiger partial charge < -0.3 is 9.88 Å². The standard InChI is InChI=1S/C22H17F2N3O3S/c1-2-26-11-13(15-5-3-4-6-18(15)26)9-19-21(29)27(22(30)31-19)12-20(28)25-17-8-7-14(23)10-16(17)24/h3-11H,2,12H2,1H3,(H,25,28)/b19-9-. The second kappa shape index (κ2) is 8.35. The molecule has 31 heavy (non-hydrogen) atoms. The molecule has 2 heterocycles. The number of nitrogens with zero attached hydrogens (tertiary/aromatic N) is 2. The molecular weight excluding hydrogens is 424 g/mol. The predicted octanol–water partition coefficient (Wildman–Crippen LogP) is 4.61. The van der Waals surface area contributed by atoms with Crippen molar-refractivity contribution >= 4 is 51.5 Å². The van der Waals surface area contributed by atoms with Gasteiger partial charge in [-0.3, -0.25) is 19.3 Å². The molecule has 0 spiro atoms. The molecule has 1 aromatic heterocycles. The van der Waals surface area contributed by atoms with Crippen LogP contribution >= 0.6 is 11.8 Å². The number of halogens is 2. The molecule has 0 unspecified atom stereocenters. The summed E-state index contributed by atoms with van der Waals surface area (Å²) in [4.78, 5) is 38.3. The van der Waals surface area contributed by atoms with Crippen LogP contribution in [0, 0.1) is 11.6 Å². The zero-order chi connectivity index (χ0) is 22.1. The van der Waals surface area contributed by atoms with Crippen LogP contribution in [0.3, 0.4) is 0 Å². The first kappa shape index (κ1) is 20.8. The summed E-state index contributed by atoms with van der Waals surface area (Å²) in [6, 6.07) is 10.4. The number of thioether (sulfide) groups is 1. The maximum atomic E-state index is 13.7. The van der Waals surface area contributed by atoms with Gasteiger partial charge >= 0.3 is 0 Å². The zero-order valence-electron chi connectivity index (χ0n) is 16.4. The van der Waals surface area contributed by atoms with Gasteiger partial charge in [0.25, 0.3) is 11.1 Å². The fourth-order valence-corrected chi connectivity index (χ4v) is 4.18. The number of aryl methyl sites for hydroxylation is 1. The lowest BCUT2D eigenvalue weighted by Crippen LogP contribution is -2.36. The highest BCUT2D eigenvalue weighted by Crippen LogP contribution is 2.34. The summed E-state index contributed by atoms with van der Waals surface area (Å²) in [6.07, 6.45) is 3.54. The second-order valence-corrected chi connectivity index (χ2v) is 7.82. The first-order valence-corrected chi connectivity index (χ1v) is 10.3. The summed E-state index contributed by atoms with van der Waals surface area (Å²) in [5.74, 6) is -3.10. The lowest BCUT2D eigenvalue weighted by atomic mass is 10.1. The third-order valence-electron chi connectivity index (χ3n) is 4.83. The summed E-state index contributed by atoms with van der Waals surface area (Å²) in [7, 11) is 0. The Hall–Kier alpha value is -3.46. The molecule has 0 bridgehead atoms.